The van der Waals surface area contributed by atoms with E-state index in [1.165, 1.54) is 22.2 Å². The summed E-state index contributed by atoms with van der Waals surface area (Å²) in [5, 5.41) is 0.903. The number of aromatic nitrogens is 2. The number of thiophene rings is 1. The monoisotopic (exact) mass is 418 g/mol. The second kappa shape index (κ2) is 7.35. The Morgan fingerprint density at radius 1 is 0.967 bits per heavy atom. The Kier molecular flexibility index (Phi) is 4.52. The third kappa shape index (κ3) is 3.04. The first-order valence-corrected chi connectivity index (χ1v) is 10.3. The van der Waals surface area contributed by atoms with E-state index in [1.807, 2.05) is 48.5 Å². The first-order chi connectivity index (χ1) is 14.7. The van der Waals surface area contributed by atoms with Crippen LogP contribution < -0.4 is 16.0 Å². The van der Waals surface area contributed by atoms with Crippen molar-refractivity contribution in [3.05, 3.63) is 99.1 Å². The Hall–Kier alpha value is -3.58. The molecule has 7 heteroatoms. The minimum atomic E-state index is -0.365. The predicted octanol–water partition coefficient (Wildman–Crippen LogP) is 4.08. The fourth-order valence-electron chi connectivity index (χ4n) is 3.69. The van der Waals surface area contributed by atoms with E-state index in [1.54, 1.807) is 23.8 Å². The van der Waals surface area contributed by atoms with E-state index >= 15 is 0 Å². The molecule has 0 aliphatic rings. The Balaban J connectivity index is 1.79. The van der Waals surface area contributed by atoms with Crippen LogP contribution in [0.25, 0.3) is 20.3 Å². The molecule has 0 aliphatic heterocycles. The zero-order valence-electron chi connectivity index (χ0n) is 16.2. The van der Waals surface area contributed by atoms with Crippen molar-refractivity contribution in [1.82, 2.24) is 9.13 Å². The second-order valence-electron chi connectivity index (χ2n) is 6.97. The van der Waals surface area contributed by atoms with Crippen LogP contribution in [0.2, 0.25) is 0 Å². The molecule has 0 amide bonds. The average Bonchev–Trinajstić information content (AvgIpc) is 3.42. The lowest BCUT2D eigenvalue weighted by Gasteiger charge is -2.13. The highest BCUT2D eigenvalue weighted by atomic mass is 32.1. The fourth-order valence-corrected chi connectivity index (χ4v) is 4.85. The summed E-state index contributed by atoms with van der Waals surface area (Å²) in [5.74, 6) is 1.28. The molecule has 3 heterocycles. The molecule has 2 aromatic carbocycles. The number of nitrogens with zero attached hydrogens (tertiary/aromatic N) is 2. The largest absolute Gasteiger partial charge is 0.497 e. The second-order valence-corrected chi connectivity index (χ2v) is 8.02. The maximum Gasteiger partial charge on any atom is 0.332 e. The standard InChI is InChI=1S/C23H18N2O4S/c1-28-16-7-4-6-15(12-16)13-24-20-18-9-2-3-10-19(18)30-21(20)22(26)25(23(24)27)14-17-8-5-11-29-17/h2-12H,13-14H2,1H3. The van der Waals surface area contributed by atoms with E-state index in [0.29, 0.717) is 22.5 Å². The molecule has 0 radical (unpaired) electrons. The van der Waals surface area contributed by atoms with Crippen LogP contribution in [0, 0.1) is 0 Å². The summed E-state index contributed by atoms with van der Waals surface area (Å²) in [4.78, 5) is 26.7. The molecule has 6 nitrogen and oxygen atoms in total. The van der Waals surface area contributed by atoms with Gasteiger partial charge in [0.25, 0.3) is 5.56 Å². The molecular formula is C23H18N2O4S. The Morgan fingerprint density at radius 3 is 2.63 bits per heavy atom. The molecule has 0 atom stereocenters. The van der Waals surface area contributed by atoms with E-state index in [9.17, 15) is 9.59 Å². The van der Waals surface area contributed by atoms with Gasteiger partial charge in [0.2, 0.25) is 0 Å². The number of fused-ring (bicyclic) bond motifs is 3. The average molecular weight is 418 g/mol. The molecule has 0 fully saturated rings. The zero-order valence-corrected chi connectivity index (χ0v) is 17.0. The van der Waals surface area contributed by atoms with Gasteiger partial charge in [-0.05, 0) is 35.9 Å². The predicted molar refractivity (Wildman–Crippen MR) is 118 cm³/mol. The molecule has 0 saturated heterocycles. The van der Waals surface area contributed by atoms with Crippen LogP contribution in [-0.2, 0) is 13.1 Å². The smallest absolute Gasteiger partial charge is 0.332 e. The number of ether oxygens (including phenoxy) is 1. The van der Waals surface area contributed by atoms with Crippen LogP contribution in [0.15, 0.2) is 80.9 Å². The lowest BCUT2D eigenvalue weighted by Crippen LogP contribution is -2.40. The summed E-state index contributed by atoms with van der Waals surface area (Å²) in [6.45, 7) is 0.415. The van der Waals surface area contributed by atoms with Gasteiger partial charge >= 0.3 is 5.69 Å². The van der Waals surface area contributed by atoms with Gasteiger partial charge in [-0.15, -0.1) is 11.3 Å². The van der Waals surface area contributed by atoms with E-state index in [2.05, 4.69) is 0 Å². The minimum absolute atomic E-state index is 0.0902. The van der Waals surface area contributed by atoms with Gasteiger partial charge in [0.15, 0.2) is 0 Å². The van der Waals surface area contributed by atoms with Crippen molar-refractivity contribution in [3.8, 4) is 5.75 Å². The van der Waals surface area contributed by atoms with Crippen molar-refractivity contribution in [2.75, 3.05) is 7.11 Å². The lowest BCUT2D eigenvalue weighted by atomic mass is 10.2. The molecule has 0 spiro atoms. The van der Waals surface area contributed by atoms with Crippen molar-refractivity contribution >= 4 is 31.6 Å². The SMILES string of the molecule is COc1cccc(Cn2c(=O)n(Cc3ccco3)c(=O)c3sc4ccccc4c32)c1. The van der Waals surface area contributed by atoms with Gasteiger partial charge in [0.05, 0.1) is 32.0 Å². The summed E-state index contributed by atoms with van der Waals surface area (Å²) in [6.07, 6.45) is 1.53. The number of furan rings is 1. The fraction of sp³-hybridized carbons (Fsp3) is 0.130. The molecule has 0 bridgehead atoms. The highest BCUT2D eigenvalue weighted by Crippen LogP contribution is 2.31. The van der Waals surface area contributed by atoms with Gasteiger partial charge in [-0.1, -0.05) is 30.3 Å². The van der Waals surface area contributed by atoms with E-state index in [0.717, 1.165) is 21.4 Å². The van der Waals surface area contributed by atoms with Gasteiger partial charge in [-0.3, -0.25) is 13.9 Å². The van der Waals surface area contributed by atoms with Crippen LogP contribution in [0.4, 0.5) is 0 Å². The summed E-state index contributed by atoms with van der Waals surface area (Å²) >= 11 is 1.41. The van der Waals surface area contributed by atoms with Gasteiger partial charge in [-0.2, -0.15) is 0 Å². The summed E-state index contributed by atoms with van der Waals surface area (Å²) in [6, 6.07) is 18.9. The van der Waals surface area contributed by atoms with Gasteiger partial charge in [0, 0.05) is 10.1 Å². The van der Waals surface area contributed by atoms with Crippen molar-refractivity contribution < 1.29 is 9.15 Å². The van der Waals surface area contributed by atoms with Gasteiger partial charge in [-0.25, -0.2) is 4.79 Å². The Morgan fingerprint density at radius 2 is 1.83 bits per heavy atom. The Labute approximate surface area is 175 Å². The Bertz CT molecular complexity index is 1480. The summed E-state index contributed by atoms with van der Waals surface area (Å²) < 4.78 is 15.2. The van der Waals surface area contributed by atoms with Crippen LogP contribution in [0.3, 0.4) is 0 Å². The third-order valence-corrected chi connectivity index (χ3v) is 6.26. The molecule has 0 unspecified atom stereocenters. The third-order valence-electron chi connectivity index (χ3n) is 5.11. The highest BCUT2D eigenvalue weighted by molar-refractivity contribution is 7.25. The maximum atomic E-state index is 13.5. The van der Waals surface area contributed by atoms with Gasteiger partial charge in [0.1, 0.15) is 16.2 Å². The van der Waals surface area contributed by atoms with Crippen LogP contribution in [0.1, 0.15) is 11.3 Å². The molecule has 150 valence electrons. The van der Waals surface area contributed by atoms with Crippen molar-refractivity contribution in [2.24, 2.45) is 0 Å². The first-order valence-electron chi connectivity index (χ1n) is 9.46. The van der Waals surface area contributed by atoms with Gasteiger partial charge < -0.3 is 9.15 Å². The quantitative estimate of drug-likeness (QED) is 0.431. The molecule has 30 heavy (non-hydrogen) atoms. The maximum absolute atomic E-state index is 13.5. The highest BCUT2D eigenvalue weighted by Gasteiger charge is 2.19. The topological polar surface area (TPSA) is 66.4 Å². The number of rotatable bonds is 5. The lowest BCUT2D eigenvalue weighted by molar-refractivity contribution is 0.414. The molecule has 5 aromatic rings. The minimum Gasteiger partial charge on any atom is -0.497 e. The van der Waals surface area contributed by atoms with Crippen LogP contribution in [0.5, 0.6) is 5.75 Å². The zero-order chi connectivity index (χ0) is 20.7. The van der Waals surface area contributed by atoms with E-state index < -0.39 is 0 Å². The van der Waals surface area contributed by atoms with Crippen LogP contribution >= 0.6 is 11.3 Å². The van der Waals surface area contributed by atoms with Crippen LogP contribution in [-0.4, -0.2) is 16.2 Å². The van der Waals surface area contributed by atoms with Crippen molar-refractivity contribution in [3.63, 3.8) is 0 Å². The van der Waals surface area contributed by atoms with Crippen molar-refractivity contribution in [1.29, 1.82) is 0 Å². The van der Waals surface area contributed by atoms with E-state index in [-0.39, 0.29) is 17.8 Å². The molecule has 0 saturated carbocycles. The van der Waals surface area contributed by atoms with Crippen molar-refractivity contribution in [2.45, 2.75) is 13.1 Å². The molecule has 5 rings (SSSR count). The van der Waals surface area contributed by atoms with E-state index in [4.69, 9.17) is 9.15 Å². The number of methoxy groups -OCH3 is 1. The molecule has 3 aromatic heterocycles. The number of benzene rings is 2. The summed E-state index contributed by atoms with van der Waals surface area (Å²) in [5.41, 5.74) is 0.921. The normalized spacial score (nSPS) is 11.4. The molecule has 0 N–H and O–H groups in total. The number of hydrogen-bond acceptors (Lipinski definition) is 5. The summed E-state index contributed by atoms with van der Waals surface area (Å²) in [7, 11) is 1.61. The first kappa shape index (κ1) is 18.4. The molecule has 0 aliphatic carbocycles. The number of hydrogen-bond donors (Lipinski definition) is 0. The molecular weight excluding hydrogens is 400 g/mol.